The Bertz CT molecular complexity index is 429. The monoisotopic (exact) mass is 297 g/mol. The summed E-state index contributed by atoms with van der Waals surface area (Å²) in [6.45, 7) is 1.68. The minimum Gasteiger partial charge on any atom is -0.288 e. The summed E-state index contributed by atoms with van der Waals surface area (Å²) in [5.41, 5.74) is 0.749. The SMILES string of the molecule is C/C=C(/C#N)C(=O)c1cccc(I)c1. The molecule has 0 spiro atoms. The van der Waals surface area contributed by atoms with Gasteiger partial charge in [0.25, 0.3) is 0 Å². The molecule has 0 aliphatic heterocycles. The quantitative estimate of drug-likeness (QED) is 0.364. The van der Waals surface area contributed by atoms with Crippen LogP contribution >= 0.6 is 22.6 Å². The van der Waals surface area contributed by atoms with E-state index in [1.807, 2.05) is 12.1 Å². The van der Waals surface area contributed by atoms with Crippen molar-refractivity contribution in [1.29, 1.82) is 5.26 Å². The number of nitrogens with zero attached hydrogens (tertiary/aromatic N) is 1. The Morgan fingerprint density at radius 1 is 1.57 bits per heavy atom. The summed E-state index contributed by atoms with van der Waals surface area (Å²) in [4.78, 5) is 11.7. The molecule has 1 aromatic carbocycles. The zero-order valence-electron chi connectivity index (χ0n) is 7.62. The molecule has 0 aliphatic carbocycles. The van der Waals surface area contributed by atoms with Gasteiger partial charge >= 0.3 is 0 Å². The average Bonchev–Trinajstić information content (AvgIpc) is 2.19. The predicted octanol–water partition coefficient (Wildman–Crippen LogP) is 2.94. The van der Waals surface area contributed by atoms with E-state index in [2.05, 4.69) is 22.6 Å². The van der Waals surface area contributed by atoms with Crippen molar-refractivity contribution in [2.24, 2.45) is 0 Å². The number of allylic oxidation sites excluding steroid dienone is 2. The van der Waals surface area contributed by atoms with Gasteiger partial charge in [-0.05, 0) is 41.6 Å². The van der Waals surface area contributed by atoms with Crippen LogP contribution in [0.1, 0.15) is 17.3 Å². The largest absolute Gasteiger partial charge is 0.288 e. The third-order valence-corrected chi connectivity index (χ3v) is 2.41. The molecule has 0 aliphatic rings. The number of nitriles is 1. The zero-order chi connectivity index (χ0) is 10.6. The highest BCUT2D eigenvalue weighted by atomic mass is 127. The molecule has 70 valence electrons. The summed E-state index contributed by atoms with van der Waals surface area (Å²) in [6.07, 6.45) is 1.53. The van der Waals surface area contributed by atoms with Crippen LogP contribution in [0.15, 0.2) is 35.9 Å². The van der Waals surface area contributed by atoms with Gasteiger partial charge in [0.05, 0.1) is 5.57 Å². The van der Waals surface area contributed by atoms with Gasteiger partial charge in [0.2, 0.25) is 5.78 Å². The first kappa shape index (κ1) is 10.9. The highest BCUT2D eigenvalue weighted by molar-refractivity contribution is 14.1. The van der Waals surface area contributed by atoms with E-state index in [4.69, 9.17) is 5.26 Å². The molecule has 14 heavy (non-hydrogen) atoms. The minimum atomic E-state index is -0.214. The van der Waals surface area contributed by atoms with Gasteiger partial charge in [-0.1, -0.05) is 18.2 Å². The Balaban J connectivity index is 3.08. The van der Waals surface area contributed by atoms with Crippen LogP contribution in [0.3, 0.4) is 0 Å². The summed E-state index contributed by atoms with van der Waals surface area (Å²) >= 11 is 2.13. The Hall–Kier alpha value is -1.15. The van der Waals surface area contributed by atoms with E-state index < -0.39 is 0 Å². The fourth-order valence-electron chi connectivity index (χ4n) is 1.03. The molecular formula is C11H8INO. The van der Waals surface area contributed by atoms with E-state index in [9.17, 15) is 4.79 Å². The maximum absolute atomic E-state index is 11.7. The maximum Gasteiger partial charge on any atom is 0.203 e. The molecule has 0 unspecified atom stereocenters. The van der Waals surface area contributed by atoms with Crippen molar-refractivity contribution >= 4 is 28.4 Å². The molecule has 0 aromatic heterocycles. The van der Waals surface area contributed by atoms with E-state index in [0.29, 0.717) is 5.56 Å². The number of hydrogen-bond acceptors (Lipinski definition) is 2. The Morgan fingerprint density at radius 3 is 2.79 bits per heavy atom. The van der Waals surface area contributed by atoms with Gasteiger partial charge in [-0.25, -0.2) is 0 Å². The van der Waals surface area contributed by atoms with Crippen molar-refractivity contribution in [3.63, 3.8) is 0 Å². The van der Waals surface area contributed by atoms with E-state index in [0.717, 1.165) is 3.57 Å². The van der Waals surface area contributed by atoms with E-state index in [1.165, 1.54) is 6.08 Å². The molecule has 0 amide bonds. The van der Waals surface area contributed by atoms with Crippen molar-refractivity contribution in [3.05, 3.63) is 45.0 Å². The number of hydrogen-bond donors (Lipinski definition) is 0. The second-order valence-corrected chi connectivity index (χ2v) is 3.90. The van der Waals surface area contributed by atoms with Crippen molar-refractivity contribution in [3.8, 4) is 6.07 Å². The first-order valence-electron chi connectivity index (χ1n) is 4.05. The normalized spacial score (nSPS) is 10.8. The molecule has 2 nitrogen and oxygen atoms in total. The van der Waals surface area contributed by atoms with Gasteiger partial charge in [-0.3, -0.25) is 4.79 Å². The van der Waals surface area contributed by atoms with E-state index in [-0.39, 0.29) is 11.4 Å². The molecule has 3 heteroatoms. The Morgan fingerprint density at radius 2 is 2.29 bits per heavy atom. The minimum absolute atomic E-state index is 0.187. The number of halogens is 1. The van der Waals surface area contributed by atoms with Gasteiger partial charge in [0, 0.05) is 9.13 Å². The van der Waals surface area contributed by atoms with Gasteiger partial charge in [0.15, 0.2) is 0 Å². The van der Waals surface area contributed by atoms with Gasteiger partial charge in [-0.2, -0.15) is 5.26 Å². The standard InChI is InChI=1S/C11H8INO/c1-2-8(7-13)11(14)9-4-3-5-10(12)6-9/h2-6H,1H3/b8-2-. The lowest BCUT2D eigenvalue weighted by molar-refractivity contribution is 0.103. The molecule has 0 N–H and O–H groups in total. The van der Waals surface area contributed by atoms with Crippen LogP contribution in [0.4, 0.5) is 0 Å². The van der Waals surface area contributed by atoms with Crippen LogP contribution in [0.5, 0.6) is 0 Å². The number of rotatable bonds is 2. The summed E-state index contributed by atoms with van der Waals surface area (Å²) < 4.78 is 0.988. The molecule has 0 bridgehead atoms. The molecular weight excluding hydrogens is 289 g/mol. The number of ketones is 1. The van der Waals surface area contributed by atoms with Gasteiger partial charge in [-0.15, -0.1) is 0 Å². The molecule has 1 aromatic rings. The second-order valence-electron chi connectivity index (χ2n) is 2.65. The van der Waals surface area contributed by atoms with Crippen molar-refractivity contribution in [2.75, 3.05) is 0 Å². The lowest BCUT2D eigenvalue weighted by Crippen LogP contribution is -2.01. The van der Waals surface area contributed by atoms with Crippen molar-refractivity contribution in [2.45, 2.75) is 6.92 Å². The summed E-state index contributed by atoms with van der Waals surface area (Å²) in [5, 5.41) is 8.69. The van der Waals surface area contributed by atoms with Gasteiger partial charge in [0.1, 0.15) is 6.07 Å². The topological polar surface area (TPSA) is 40.9 Å². The maximum atomic E-state index is 11.7. The fraction of sp³-hybridized carbons (Fsp3) is 0.0909. The molecule has 1 rings (SSSR count). The molecule has 0 atom stereocenters. The highest BCUT2D eigenvalue weighted by Gasteiger charge is 2.10. The van der Waals surface area contributed by atoms with Crippen LogP contribution < -0.4 is 0 Å². The molecule has 0 saturated heterocycles. The second kappa shape index (κ2) is 4.91. The Kier molecular flexibility index (Phi) is 3.84. The fourth-order valence-corrected chi connectivity index (χ4v) is 1.57. The number of benzene rings is 1. The highest BCUT2D eigenvalue weighted by Crippen LogP contribution is 2.11. The van der Waals surface area contributed by atoms with Crippen LogP contribution in [-0.2, 0) is 0 Å². The van der Waals surface area contributed by atoms with Crippen molar-refractivity contribution < 1.29 is 4.79 Å². The summed E-state index contributed by atoms with van der Waals surface area (Å²) in [6, 6.07) is 9.07. The Labute approximate surface area is 96.4 Å². The zero-order valence-corrected chi connectivity index (χ0v) is 9.78. The van der Waals surface area contributed by atoms with Crippen LogP contribution in [-0.4, -0.2) is 5.78 Å². The molecule has 0 saturated carbocycles. The van der Waals surface area contributed by atoms with Gasteiger partial charge < -0.3 is 0 Å². The van der Waals surface area contributed by atoms with E-state index in [1.54, 1.807) is 25.1 Å². The number of carbonyl (C=O) groups excluding carboxylic acids is 1. The number of Topliss-reactive ketones (excluding diaryl/α,β-unsaturated/α-hetero) is 1. The molecule has 0 fully saturated rings. The molecule has 0 heterocycles. The summed E-state index contributed by atoms with van der Waals surface area (Å²) in [7, 11) is 0. The predicted molar refractivity (Wildman–Crippen MR) is 62.9 cm³/mol. The van der Waals surface area contributed by atoms with E-state index >= 15 is 0 Å². The average molecular weight is 297 g/mol. The van der Waals surface area contributed by atoms with Crippen molar-refractivity contribution in [1.82, 2.24) is 0 Å². The smallest absolute Gasteiger partial charge is 0.203 e. The third-order valence-electron chi connectivity index (χ3n) is 1.74. The van der Waals surface area contributed by atoms with Crippen LogP contribution in [0.2, 0.25) is 0 Å². The lowest BCUT2D eigenvalue weighted by atomic mass is 10.0. The lowest BCUT2D eigenvalue weighted by Gasteiger charge is -1.98. The first-order valence-corrected chi connectivity index (χ1v) is 5.13. The first-order chi connectivity index (χ1) is 6.69. The van der Waals surface area contributed by atoms with Crippen LogP contribution in [0.25, 0.3) is 0 Å². The van der Waals surface area contributed by atoms with Crippen LogP contribution in [0, 0.1) is 14.9 Å². The summed E-state index contributed by atoms with van der Waals surface area (Å²) in [5.74, 6) is -0.214. The molecule has 0 radical (unpaired) electrons. The number of carbonyl (C=O) groups is 1. The third kappa shape index (κ3) is 2.42.